The molecule has 0 bridgehead atoms. The molecular weight excluding hydrogens is 298 g/mol. The maximum absolute atomic E-state index is 11.0. The lowest BCUT2D eigenvalue weighted by Gasteiger charge is -2.35. The monoisotopic (exact) mass is 313 g/mol. The second kappa shape index (κ2) is 5.82. The van der Waals surface area contributed by atoms with Crippen molar-refractivity contribution in [2.45, 2.75) is 19.1 Å². The fourth-order valence-electron chi connectivity index (χ4n) is 2.10. The number of carboxylic acids is 1. The van der Waals surface area contributed by atoms with E-state index >= 15 is 0 Å². The molecule has 0 aromatic heterocycles. The molecule has 0 saturated carbocycles. The smallest absolute Gasteiger partial charge is 0.320 e. The molecule has 98 valence electrons. The second-order valence-electron chi connectivity index (χ2n) is 4.39. The van der Waals surface area contributed by atoms with Gasteiger partial charge in [-0.1, -0.05) is 34.1 Å². The fourth-order valence-corrected chi connectivity index (χ4v) is 2.64. The van der Waals surface area contributed by atoms with E-state index in [0.29, 0.717) is 19.7 Å². The lowest BCUT2D eigenvalue weighted by atomic mass is 10.1. The fraction of sp³-hybridized carbons (Fsp3) is 0.462. The highest BCUT2D eigenvalue weighted by Crippen LogP contribution is 2.29. The quantitative estimate of drug-likeness (QED) is 0.930. The highest BCUT2D eigenvalue weighted by atomic mass is 79.9. The molecule has 1 aliphatic rings. The average molecular weight is 314 g/mol. The third-order valence-electron chi connectivity index (χ3n) is 3.26. The van der Waals surface area contributed by atoms with Gasteiger partial charge in [0, 0.05) is 17.6 Å². The first-order valence-electron chi connectivity index (χ1n) is 5.92. The third-order valence-corrected chi connectivity index (χ3v) is 3.98. The first kappa shape index (κ1) is 13.5. The number of carbonyl (C=O) groups is 1. The van der Waals surface area contributed by atoms with Gasteiger partial charge in [0.15, 0.2) is 0 Å². The number of morpholine rings is 1. The molecule has 1 N–H and O–H groups in total. The Bertz CT molecular complexity index is 438. The molecule has 0 radical (unpaired) electrons. The maximum Gasteiger partial charge on any atom is 0.320 e. The zero-order valence-corrected chi connectivity index (χ0v) is 11.8. The molecule has 2 unspecified atom stereocenters. The van der Waals surface area contributed by atoms with Crippen LogP contribution in [0.3, 0.4) is 0 Å². The van der Waals surface area contributed by atoms with Crippen molar-refractivity contribution in [1.82, 2.24) is 4.90 Å². The first-order chi connectivity index (χ1) is 8.59. The van der Waals surface area contributed by atoms with Gasteiger partial charge in [0.25, 0.3) is 0 Å². The molecule has 0 amide bonds. The van der Waals surface area contributed by atoms with E-state index in [2.05, 4.69) is 15.9 Å². The summed E-state index contributed by atoms with van der Waals surface area (Å²) in [6.45, 7) is 3.54. The lowest BCUT2D eigenvalue weighted by Crippen LogP contribution is -2.46. The van der Waals surface area contributed by atoms with E-state index in [9.17, 15) is 4.79 Å². The van der Waals surface area contributed by atoms with Gasteiger partial charge in [-0.15, -0.1) is 0 Å². The number of carboxylic acid groups (broad SMARTS) is 1. The topological polar surface area (TPSA) is 49.8 Å². The molecule has 5 heteroatoms. The van der Waals surface area contributed by atoms with E-state index in [1.165, 1.54) is 0 Å². The van der Waals surface area contributed by atoms with Crippen LogP contribution in [0.1, 0.15) is 18.6 Å². The summed E-state index contributed by atoms with van der Waals surface area (Å²) in [7, 11) is 0. The van der Waals surface area contributed by atoms with Crippen LogP contribution in [-0.4, -0.2) is 41.7 Å². The van der Waals surface area contributed by atoms with Crippen molar-refractivity contribution >= 4 is 21.9 Å². The van der Waals surface area contributed by atoms with Gasteiger partial charge in [0.2, 0.25) is 0 Å². The summed E-state index contributed by atoms with van der Waals surface area (Å²) in [4.78, 5) is 13.0. The number of ether oxygens (including phenoxy) is 1. The largest absolute Gasteiger partial charge is 0.480 e. The summed E-state index contributed by atoms with van der Waals surface area (Å²) in [5.74, 6) is -0.789. The Hall–Kier alpha value is -0.910. The Morgan fingerprint density at radius 2 is 2.28 bits per heavy atom. The van der Waals surface area contributed by atoms with Crippen molar-refractivity contribution in [3.63, 3.8) is 0 Å². The number of rotatable bonds is 3. The van der Waals surface area contributed by atoms with Crippen LogP contribution < -0.4 is 0 Å². The van der Waals surface area contributed by atoms with Crippen LogP contribution in [-0.2, 0) is 9.53 Å². The Labute approximate surface area is 115 Å². The number of hydrogen-bond acceptors (Lipinski definition) is 3. The summed E-state index contributed by atoms with van der Waals surface area (Å²) in [6.07, 6.45) is -0.0730. The predicted molar refractivity (Wildman–Crippen MR) is 71.5 cm³/mol. The van der Waals surface area contributed by atoms with Gasteiger partial charge < -0.3 is 9.84 Å². The Kier molecular flexibility index (Phi) is 4.37. The van der Waals surface area contributed by atoms with Crippen LogP contribution in [0, 0.1) is 0 Å². The average Bonchev–Trinajstić information content (AvgIpc) is 2.38. The van der Waals surface area contributed by atoms with Crippen LogP contribution in [0.25, 0.3) is 0 Å². The molecule has 1 heterocycles. The van der Waals surface area contributed by atoms with E-state index in [1.807, 2.05) is 29.2 Å². The van der Waals surface area contributed by atoms with Crippen molar-refractivity contribution in [3.8, 4) is 0 Å². The Morgan fingerprint density at radius 3 is 2.94 bits per heavy atom. The zero-order chi connectivity index (χ0) is 13.1. The number of halogens is 1. The molecule has 1 fully saturated rings. The van der Waals surface area contributed by atoms with Crippen molar-refractivity contribution < 1.29 is 14.6 Å². The molecule has 2 rings (SSSR count). The lowest BCUT2D eigenvalue weighted by molar-refractivity contribution is -0.145. The molecule has 1 aromatic carbocycles. The molecule has 0 spiro atoms. The number of nitrogens with zero attached hydrogens (tertiary/aromatic N) is 1. The number of aliphatic carboxylic acids is 1. The third kappa shape index (κ3) is 2.91. The van der Waals surface area contributed by atoms with Crippen LogP contribution in [0.5, 0.6) is 0 Å². The van der Waals surface area contributed by atoms with E-state index in [1.54, 1.807) is 6.92 Å². The van der Waals surface area contributed by atoms with Gasteiger partial charge in [-0.25, -0.2) is 0 Å². The minimum absolute atomic E-state index is 0.0730. The van der Waals surface area contributed by atoms with Gasteiger partial charge in [-0.2, -0.15) is 0 Å². The van der Waals surface area contributed by atoms with E-state index in [4.69, 9.17) is 9.84 Å². The van der Waals surface area contributed by atoms with Crippen LogP contribution in [0.4, 0.5) is 0 Å². The molecule has 18 heavy (non-hydrogen) atoms. The van der Waals surface area contributed by atoms with Gasteiger partial charge in [-0.3, -0.25) is 9.69 Å². The van der Waals surface area contributed by atoms with Crippen molar-refractivity contribution in [2.24, 2.45) is 0 Å². The summed E-state index contributed by atoms with van der Waals surface area (Å²) in [5, 5.41) is 9.05. The van der Waals surface area contributed by atoms with Crippen LogP contribution in [0.2, 0.25) is 0 Å². The predicted octanol–water partition coefficient (Wildman–Crippen LogP) is 2.30. The SMILES string of the molecule is CC(C(=O)O)N1CCOC(c2ccccc2Br)C1. The molecule has 2 atom stereocenters. The molecule has 1 saturated heterocycles. The minimum Gasteiger partial charge on any atom is -0.480 e. The van der Waals surface area contributed by atoms with Gasteiger partial charge in [0.1, 0.15) is 6.04 Å². The van der Waals surface area contributed by atoms with Gasteiger partial charge >= 0.3 is 5.97 Å². The zero-order valence-electron chi connectivity index (χ0n) is 10.2. The van der Waals surface area contributed by atoms with Crippen LogP contribution >= 0.6 is 15.9 Å². The van der Waals surface area contributed by atoms with E-state index in [-0.39, 0.29) is 6.10 Å². The Morgan fingerprint density at radius 1 is 1.56 bits per heavy atom. The normalized spacial score (nSPS) is 22.7. The first-order valence-corrected chi connectivity index (χ1v) is 6.72. The summed E-state index contributed by atoms with van der Waals surface area (Å²) < 4.78 is 6.74. The van der Waals surface area contributed by atoms with Gasteiger partial charge in [0.05, 0.1) is 12.7 Å². The van der Waals surface area contributed by atoms with Gasteiger partial charge in [-0.05, 0) is 18.6 Å². The van der Waals surface area contributed by atoms with E-state index < -0.39 is 12.0 Å². The highest BCUT2D eigenvalue weighted by molar-refractivity contribution is 9.10. The minimum atomic E-state index is -0.789. The molecular formula is C13H16BrNO3. The molecule has 0 aliphatic carbocycles. The van der Waals surface area contributed by atoms with Crippen molar-refractivity contribution in [3.05, 3.63) is 34.3 Å². The highest BCUT2D eigenvalue weighted by Gasteiger charge is 2.29. The number of benzene rings is 1. The summed E-state index contributed by atoms with van der Waals surface area (Å²) in [6, 6.07) is 7.41. The van der Waals surface area contributed by atoms with E-state index in [0.717, 1.165) is 10.0 Å². The standard InChI is InChI=1S/C13H16BrNO3/c1-9(13(16)17)15-6-7-18-12(8-15)10-4-2-3-5-11(10)14/h2-5,9,12H,6-8H2,1H3,(H,16,17). The molecule has 1 aromatic rings. The summed E-state index contributed by atoms with van der Waals surface area (Å²) >= 11 is 3.50. The number of hydrogen-bond donors (Lipinski definition) is 1. The van der Waals surface area contributed by atoms with Crippen LogP contribution in [0.15, 0.2) is 28.7 Å². The van der Waals surface area contributed by atoms with Crippen molar-refractivity contribution in [1.29, 1.82) is 0 Å². The second-order valence-corrected chi connectivity index (χ2v) is 5.24. The Balaban J connectivity index is 2.12. The molecule has 4 nitrogen and oxygen atoms in total. The maximum atomic E-state index is 11.0. The van der Waals surface area contributed by atoms with Crippen molar-refractivity contribution in [2.75, 3.05) is 19.7 Å². The summed E-state index contributed by atoms with van der Waals surface area (Å²) in [5.41, 5.74) is 1.07. The molecule has 1 aliphatic heterocycles.